The molecule has 7 heteroatoms. The second-order valence-corrected chi connectivity index (χ2v) is 8.69. The molecule has 2 aromatic carbocycles. The number of aryl methyl sites for hydroxylation is 1. The molecule has 0 fully saturated rings. The topological polar surface area (TPSA) is 74.9 Å². The molecule has 0 saturated carbocycles. The molecule has 0 radical (unpaired) electrons. The predicted molar refractivity (Wildman–Crippen MR) is 109 cm³/mol. The highest BCUT2D eigenvalue weighted by atomic mass is 127. The molecule has 1 heterocycles. The highest BCUT2D eigenvalue weighted by Gasteiger charge is 2.18. The lowest BCUT2D eigenvalue weighted by Crippen LogP contribution is -2.09. The molecule has 1 aromatic heterocycles. The molecule has 0 bridgehead atoms. The molecule has 5 nitrogen and oxygen atoms in total. The fourth-order valence-electron chi connectivity index (χ4n) is 2.98. The van der Waals surface area contributed by atoms with Gasteiger partial charge in [0.05, 0.1) is 17.5 Å². The van der Waals surface area contributed by atoms with Gasteiger partial charge in [0.2, 0.25) is 10.0 Å². The van der Waals surface area contributed by atoms with Crippen LogP contribution in [0, 0.1) is 14.9 Å². The standard InChI is InChI=1S/C18H16IN3O2S/c1-3-22-17-9-6-13(19)10-15(17)16(11-20)18(22)12-4-7-14(8-5-12)21-25(2,23)24/h4-10,21H,3H2,1-2H3. The molecule has 128 valence electrons. The number of halogens is 1. The first kappa shape index (κ1) is 17.8. The summed E-state index contributed by atoms with van der Waals surface area (Å²) in [6, 6.07) is 15.5. The Morgan fingerprint density at radius 2 is 1.88 bits per heavy atom. The van der Waals surface area contributed by atoms with Crippen LogP contribution in [0.15, 0.2) is 42.5 Å². The summed E-state index contributed by atoms with van der Waals surface area (Å²) in [5.41, 5.74) is 3.89. The average molecular weight is 465 g/mol. The number of nitrogens with one attached hydrogen (secondary N) is 1. The minimum Gasteiger partial charge on any atom is -0.340 e. The Kier molecular flexibility index (Phi) is 4.75. The molecule has 0 unspecified atom stereocenters. The van der Waals surface area contributed by atoms with Gasteiger partial charge in [0.15, 0.2) is 0 Å². The third kappa shape index (κ3) is 3.50. The van der Waals surface area contributed by atoms with Crippen molar-refractivity contribution >= 4 is 49.2 Å². The lowest BCUT2D eigenvalue weighted by Gasteiger charge is -2.10. The van der Waals surface area contributed by atoms with E-state index in [1.807, 2.05) is 37.3 Å². The number of anilines is 1. The molecular formula is C18H16IN3O2S. The second kappa shape index (κ2) is 6.69. The number of aromatic nitrogens is 1. The van der Waals surface area contributed by atoms with Gasteiger partial charge >= 0.3 is 0 Å². The van der Waals surface area contributed by atoms with Crippen LogP contribution in [-0.4, -0.2) is 19.2 Å². The van der Waals surface area contributed by atoms with Gasteiger partial charge in [-0.3, -0.25) is 4.72 Å². The number of fused-ring (bicyclic) bond motifs is 1. The van der Waals surface area contributed by atoms with Gasteiger partial charge in [-0.15, -0.1) is 0 Å². The van der Waals surface area contributed by atoms with Crippen LogP contribution in [0.1, 0.15) is 12.5 Å². The van der Waals surface area contributed by atoms with Crippen LogP contribution in [0.5, 0.6) is 0 Å². The minimum absolute atomic E-state index is 0.499. The number of sulfonamides is 1. The van der Waals surface area contributed by atoms with E-state index in [2.05, 4.69) is 37.9 Å². The lowest BCUT2D eigenvalue weighted by molar-refractivity contribution is 0.607. The molecular weight excluding hydrogens is 449 g/mol. The molecule has 0 aliphatic rings. The third-order valence-electron chi connectivity index (χ3n) is 3.92. The lowest BCUT2D eigenvalue weighted by atomic mass is 10.1. The normalized spacial score (nSPS) is 11.4. The predicted octanol–water partition coefficient (Wildman–Crippen LogP) is 4.18. The highest BCUT2D eigenvalue weighted by Crippen LogP contribution is 2.34. The summed E-state index contributed by atoms with van der Waals surface area (Å²) < 4.78 is 28.3. The van der Waals surface area contributed by atoms with Crippen LogP contribution in [0.25, 0.3) is 22.2 Å². The van der Waals surface area contributed by atoms with E-state index in [-0.39, 0.29) is 0 Å². The number of nitriles is 1. The van der Waals surface area contributed by atoms with E-state index in [1.165, 1.54) is 0 Å². The van der Waals surface area contributed by atoms with E-state index in [4.69, 9.17) is 0 Å². The second-order valence-electron chi connectivity index (χ2n) is 5.69. The van der Waals surface area contributed by atoms with Crippen LogP contribution in [-0.2, 0) is 16.6 Å². The highest BCUT2D eigenvalue weighted by molar-refractivity contribution is 14.1. The Labute approximate surface area is 160 Å². The maximum atomic E-state index is 11.3. The zero-order valence-electron chi connectivity index (χ0n) is 13.7. The fraction of sp³-hybridized carbons (Fsp3) is 0.167. The van der Waals surface area contributed by atoms with Gasteiger partial charge in [-0.05, 0) is 65.4 Å². The molecule has 3 aromatic rings. The summed E-state index contributed by atoms with van der Waals surface area (Å²) in [6.45, 7) is 2.78. The van der Waals surface area contributed by atoms with Gasteiger partial charge in [0.1, 0.15) is 6.07 Å². The van der Waals surface area contributed by atoms with E-state index in [1.54, 1.807) is 12.1 Å². The molecule has 0 spiro atoms. The van der Waals surface area contributed by atoms with Crippen molar-refractivity contribution in [1.82, 2.24) is 4.57 Å². The maximum absolute atomic E-state index is 11.3. The van der Waals surface area contributed by atoms with Crippen molar-refractivity contribution in [3.8, 4) is 17.3 Å². The zero-order valence-corrected chi connectivity index (χ0v) is 16.7. The summed E-state index contributed by atoms with van der Waals surface area (Å²) in [5, 5.41) is 10.7. The van der Waals surface area contributed by atoms with E-state index >= 15 is 0 Å². The molecule has 0 amide bonds. The molecule has 0 atom stereocenters. The van der Waals surface area contributed by atoms with Crippen molar-refractivity contribution in [2.75, 3.05) is 11.0 Å². The minimum atomic E-state index is -3.31. The molecule has 0 aliphatic carbocycles. The third-order valence-corrected chi connectivity index (χ3v) is 5.19. The molecule has 0 aliphatic heterocycles. The number of rotatable bonds is 4. The van der Waals surface area contributed by atoms with Gasteiger partial charge < -0.3 is 4.57 Å². The van der Waals surface area contributed by atoms with Crippen molar-refractivity contribution < 1.29 is 8.42 Å². The van der Waals surface area contributed by atoms with Crippen LogP contribution in [0.2, 0.25) is 0 Å². The van der Waals surface area contributed by atoms with Crippen LogP contribution in [0.3, 0.4) is 0 Å². The van der Waals surface area contributed by atoms with Crippen LogP contribution in [0.4, 0.5) is 5.69 Å². The van der Waals surface area contributed by atoms with Crippen LogP contribution < -0.4 is 4.72 Å². The van der Waals surface area contributed by atoms with E-state index < -0.39 is 10.0 Å². The van der Waals surface area contributed by atoms with E-state index in [0.29, 0.717) is 11.3 Å². The Bertz CT molecular complexity index is 1090. The first-order valence-corrected chi connectivity index (χ1v) is 10.6. The number of nitrogens with zero attached hydrogens (tertiary/aromatic N) is 2. The fourth-order valence-corrected chi connectivity index (χ4v) is 4.03. The van der Waals surface area contributed by atoms with Gasteiger partial charge in [0, 0.05) is 26.7 Å². The zero-order chi connectivity index (χ0) is 18.2. The van der Waals surface area contributed by atoms with Gasteiger partial charge in [0.25, 0.3) is 0 Å². The smallest absolute Gasteiger partial charge is 0.229 e. The number of hydrogen-bond donors (Lipinski definition) is 1. The van der Waals surface area contributed by atoms with Gasteiger partial charge in [-0.2, -0.15) is 5.26 Å². The van der Waals surface area contributed by atoms with Gasteiger partial charge in [-0.25, -0.2) is 8.42 Å². The van der Waals surface area contributed by atoms with E-state index in [9.17, 15) is 13.7 Å². The Hall–Kier alpha value is -2.05. The van der Waals surface area contributed by atoms with Crippen molar-refractivity contribution in [3.05, 3.63) is 51.6 Å². The number of benzene rings is 2. The SMILES string of the molecule is CCn1c(-c2ccc(NS(C)(=O)=O)cc2)c(C#N)c2cc(I)ccc21. The summed E-state index contributed by atoms with van der Waals surface area (Å²) in [5.74, 6) is 0. The summed E-state index contributed by atoms with van der Waals surface area (Å²) >= 11 is 2.24. The Morgan fingerprint density at radius 1 is 1.20 bits per heavy atom. The number of hydrogen-bond acceptors (Lipinski definition) is 3. The molecule has 3 rings (SSSR count). The summed E-state index contributed by atoms with van der Waals surface area (Å²) in [4.78, 5) is 0. The molecule has 1 N–H and O–H groups in total. The maximum Gasteiger partial charge on any atom is 0.229 e. The molecule has 25 heavy (non-hydrogen) atoms. The first-order valence-electron chi connectivity index (χ1n) is 7.64. The Morgan fingerprint density at radius 3 is 2.44 bits per heavy atom. The largest absolute Gasteiger partial charge is 0.340 e. The van der Waals surface area contributed by atoms with E-state index in [0.717, 1.165) is 38.5 Å². The van der Waals surface area contributed by atoms with Crippen molar-refractivity contribution in [1.29, 1.82) is 5.26 Å². The Balaban J connectivity index is 2.20. The first-order chi connectivity index (χ1) is 11.8. The van der Waals surface area contributed by atoms with Gasteiger partial charge in [-0.1, -0.05) is 12.1 Å². The van der Waals surface area contributed by atoms with Crippen molar-refractivity contribution in [2.24, 2.45) is 0 Å². The quantitative estimate of drug-likeness (QED) is 0.588. The monoisotopic (exact) mass is 465 g/mol. The summed E-state index contributed by atoms with van der Waals surface area (Å²) in [7, 11) is -3.31. The van der Waals surface area contributed by atoms with Crippen molar-refractivity contribution in [2.45, 2.75) is 13.5 Å². The van der Waals surface area contributed by atoms with Crippen molar-refractivity contribution in [3.63, 3.8) is 0 Å². The molecule has 0 saturated heterocycles. The summed E-state index contributed by atoms with van der Waals surface area (Å²) in [6.07, 6.45) is 1.12. The average Bonchev–Trinajstić information content (AvgIpc) is 2.86. The van der Waals surface area contributed by atoms with Crippen LogP contribution >= 0.6 is 22.6 Å².